The van der Waals surface area contributed by atoms with E-state index in [0.717, 1.165) is 21.7 Å². The summed E-state index contributed by atoms with van der Waals surface area (Å²) in [7, 11) is 1.92. The van der Waals surface area contributed by atoms with Crippen LogP contribution in [0.3, 0.4) is 0 Å². The summed E-state index contributed by atoms with van der Waals surface area (Å²) in [6, 6.07) is 24.6. The zero-order valence-corrected chi connectivity index (χ0v) is 17.6. The second kappa shape index (κ2) is 8.93. The van der Waals surface area contributed by atoms with Crippen molar-refractivity contribution in [3.8, 4) is 11.1 Å². The molecular formula is C25H25N4O2+. The number of carbonyl (C=O) groups is 1. The van der Waals surface area contributed by atoms with Crippen LogP contribution in [0.4, 0.5) is 5.69 Å². The topological polar surface area (TPSA) is 79.3 Å². The van der Waals surface area contributed by atoms with Crippen molar-refractivity contribution in [3.63, 3.8) is 0 Å². The number of quaternary nitrogens is 1. The molecule has 4 rings (SSSR count). The van der Waals surface area contributed by atoms with Crippen LogP contribution < -0.4 is 15.8 Å². The molecule has 0 aliphatic rings. The van der Waals surface area contributed by atoms with Crippen molar-refractivity contribution in [1.82, 2.24) is 9.97 Å². The summed E-state index contributed by atoms with van der Waals surface area (Å²) < 4.78 is 0. The SMILES string of the molecule is C[C@H](C(=O)Nc1ccccc1-c1ccccc1)[NH+](C)Cc1nc2ccccc2c(=O)[nH]1. The first-order valence-corrected chi connectivity index (χ1v) is 10.3. The molecule has 0 aliphatic heterocycles. The van der Waals surface area contributed by atoms with Crippen LogP contribution in [0.5, 0.6) is 0 Å². The molecule has 0 saturated heterocycles. The van der Waals surface area contributed by atoms with E-state index < -0.39 is 0 Å². The highest BCUT2D eigenvalue weighted by molar-refractivity contribution is 5.97. The number of amides is 1. The van der Waals surface area contributed by atoms with Gasteiger partial charge in [0.25, 0.3) is 11.5 Å². The Labute approximate surface area is 180 Å². The number of benzene rings is 3. The number of H-pyrrole nitrogens is 1. The number of rotatable bonds is 6. The number of hydrogen-bond donors (Lipinski definition) is 3. The molecule has 2 atom stereocenters. The number of likely N-dealkylation sites (N-methyl/N-ethyl adjacent to an activating group) is 1. The number of nitrogens with one attached hydrogen (secondary N) is 3. The molecule has 0 radical (unpaired) electrons. The molecule has 1 aromatic heterocycles. The molecule has 3 N–H and O–H groups in total. The van der Waals surface area contributed by atoms with Crippen LogP contribution in [0.15, 0.2) is 83.7 Å². The van der Waals surface area contributed by atoms with Gasteiger partial charge < -0.3 is 15.2 Å². The first kappa shape index (κ1) is 20.5. The summed E-state index contributed by atoms with van der Waals surface area (Å²) in [5, 5.41) is 3.63. The molecule has 6 heteroatoms. The molecule has 0 fully saturated rings. The van der Waals surface area contributed by atoms with Crippen LogP contribution in [-0.2, 0) is 11.3 Å². The fraction of sp³-hybridized carbons (Fsp3) is 0.160. The van der Waals surface area contributed by atoms with E-state index in [2.05, 4.69) is 15.3 Å². The quantitative estimate of drug-likeness (QED) is 0.455. The third-order valence-corrected chi connectivity index (χ3v) is 5.51. The van der Waals surface area contributed by atoms with Crippen molar-refractivity contribution in [2.45, 2.75) is 19.5 Å². The summed E-state index contributed by atoms with van der Waals surface area (Å²) in [6.45, 7) is 2.30. The van der Waals surface area contributed by atoms with E-state index in [1.54, 1.807) is 6.07 Å². The van der Waals surface area contributed by atoms with Gasteiger partial charge in [0.1, 0.15) is 6.54 Å². The smallest absolute Gasteiger partial charge is 0.282 e. The number of anilines is 1. The van der Waals surface area contributed by atoms with Crippen LogP contribution in [0, 0.1) is 0 Å². The third-order valence-electron chi connectivity index (χ3n) is 5.51. The standard InChI is InChI=1S/C25H24N4O2/c1-17(29(2)16-23-26-22-15-9-7-13-20(22)25(31)28-23)24(30)27-21-14-8-6-12-19(21)18-10-4-3-5-11-18/h3-15,17H,16H2,1-2H3,(H,27,30)(H,26,28,31)/p+1/t17-/m1/s1. The molecule has 0 saturated carbocycles. The molecule has 1 unspecified atom stereocenters. The summed E-state index contributed by atoms with van der Waals surface area (Å²) >= 11 is 0. The lowest BCUT2D eigenvalue weighted by molar-refractivity contribution is -0.908. The Hall–Kier alpha value is -3.77. The van der Waals surface area contributed by atoms with E-state index in [0.29, 0.717) is 23.3 Å². The predicted molar refractivity (Wildman–Crippen MR) is 123 cm³/mol. The lowest BCUT2D eigenvalue weighted by Crippen LogP contribution is -3.12. The molecule has 6 nitrogen and oxygen atoms in total. The molecule has 0 bridgehead atoms. The number of carbonyl (C=O) groups excluding carboxylic acids is 1. The number of aromatic nitrogens is 2. The average molecular weight is 414 g/mol. The highest BCUT2D eigenvalue weighted by Crippen LogP contribution is 2.27. The Balaban J connectivity index is 1.50. The Morgan fingerprint density at radius 2 is 1.68 bits per heavy atom. The Morgan fingerprint density at radius 3 is 2.48 bits per heavy atom. The van der Waals surface area contributed by atoms with Crippen LogP contribution in [0.2, 0.25) is 0 Å². The van der Waals surface area contributed by atoms with Gasteiger partial charge in [0, 0.05) is 11.3 Å². The Morgan fingerprint density at radius 1 is 1.00 bits per heavy atom. The molecule has 0 aliphatic carbocycles. The van der Waals surface area contributed by atoms with Gasteiger partial charge in [-0.25, -0.2) is 4.98 Å². The third kappa shape index (κ3) is 4.54. The molecule has 1 heterocycles. The molecule has 3 aromatic carbocycles. The monoisotopic (exact) mass is 413 g/mol. The first-order chi connectivity index (χ1) is 15.0. The number of para-hydroxylation sites is 2. The number of nitrogens with zero attached hydrogens (tertiary/aromatic N) is 1. The number of fused-ring (bicyclic) bond motifs is 1. The van der Waals surface area contributed by atoms with Crippen LogP contribution in [0.1, 0.15) is 12.7 Å². The van der Waals surface area contributed by atoms with Gasteiger partial charge in [0.15, 0.2) is 11.9 Å². The lowest BCUT2D eigenvalue weighted by Gasteiger charge is -2.21. The predicted octanol–water partition coefficient (Wildman–Crippen LogP) is 2.63. The van der Waals surface area contributed by atoms with Crippen molar-refractivity contribution in [2.75, 3.05) is 12.4 Å². The van der Waals surface area contributed by atoms with Crippen molar-refractivity contribution in [1.29, 1.82) is 0 Å². The molecular weight excluding hydrogens is 388 g/mol. The number of aromatic amines is 1. The maximum Gasteiger partial charge on any atom is 0.282 e. The Bertz CT molecular complexity index is 1270. The maximum absolute atomic E-state index is 13.0. The molecule has 31 heavy (non-hydrogen) atoms. The van der Waals surface area contributed by atoms with Gasteiger partial charge >= 0.3 is 0 Å². The van der Waals surface area contributed by atoms with Crippen molar-refractivity contribution in [2.24, 2.45) is 0 Å². The van der Waals surface area contributed by atoms with E-state index in [1.165, 1.54) is 0 Å². The summed E-state index contributed by atoms with van der Waals surface area (Å²) in [5.74, 6) is 0.467. The lowest BCUT2D eigenvalue weighted by atomic mass is 10.0. The Kier molecular flexibility index (Phi) is 5.91. The molecule has 4 aromatic rings. The zero-order valence-electron chi connectivity index (χ0n) is 17.6. The summed E-state index contributed by atoms with van der Waals surface area (Å²) in [4.78, 5) is 33.6. The highest BCUT2D eigenvalue weighted by Gasteiger charge is 2.24. The van der Waals surface area contributed by atoms with Crippen molar-refractivity contribution < 1.29 is 9.69 Å². The van der Waals surface area contributed by atoms with Gasteiger partial charge in [0.05, 0.1) is 18.0 Å². The van der Waals surface area contributed by atoms with Gasteiger partial charge in [-0.2, -0.15) is 0 Å². The average Bonchev–Trinajstić information content (AvgIpc) is 2.79. The minimum absolute atomic E-state index is 0.0935. The van der Waals surface area contributed by atoms with E-state index in [-0.39, 0.29) is 17.5 Å². The van der Waals surface area contributed by atoms with Gasteiger partial charge in [-0.15, -0.1) is 0 Å². The van der Waals surface area contributed by atoms with Crippen LogP contribution >= 0.6 is 0 Å². The fourth-order valence-corrected chi connectivity index (χ4v) is 3.56. The van der Waals surface area contributed by atoms with Crippen molar-refractivity contribution >= 4 is 22.5 Å². The molecule has 0 spiro atoms. The van der Waals surface area contributed by atoms with E-state index >= 15 is 0 Å². The van der Waals surface area contributed by atoms with Gasteiger partial charge in [-0.05, 0) is 30.7 Å². The van der Waals surface area contributed by atoms with E-state index in [1.807, 2.05) is 86.8 Å². The van der Waals surface area contributed by atoms with Gasteiger partial charge in [-0.3, -0.25) is 9.59 Å². The molecule has 156 valence electrons. The molecule has 1 amide bonds. The second-order valence-corrected chi connectivity index (χ2v) is 7.68. The minimum Gasteiger partial charge on any atom is -0.321 e. The van der Waals surface area contributed by atoms with Gasteiger partial charge in [-0.1, -0.05) is 60.7 Å². The largest absolute Gasteiger partial charge is 0.321 e. The van der Waals surface area contributed by atoms with Crippen LogP contribution in [0.25, 0.3) is 22.0 Å². The zero-order chi connectivity index (χ0) is 21.8. The van der Waals surface area contributed by atoms with Gasteiger partial charge in [0.2, 0.25) is 0 Å². The fourth-order valence-electron chi connectivity index (χ4n) is 3.56. The van der Waals surface area contributed by atoms with E-state index in [4.69, 9.17) is 0 Å². The number of hydrogen-bond acceptors (Lipinski definition) is 3. The summed E-state index contributed by atoms with van der Waals surface area (Å²) in [6.07, 6.45) is 0. The second-order valence-electron chi connectivity index (χ2n) is 7.68. The highest BCUT2D eigenvalue weighted by atomic mass is 16.2. The maximum atomic E-state index is 13.0. The van der Waals surface area contributed by atoms with Crippen molar-refractivity contribution in [3.05, 3.63) is 95.0 Å². The van der Waals surface area contributed by atoms with Crippen LogP contribution in [-0.4, -0.2) is 29.0 Å². The summed E-state index contributed by atoms with van der Waals surface area (Å²) in [5.41, 5.74) is 3.28. The van der Waals surface area contributed by atoms with E-state index in [9.17, 15) is 9.59 Å². The first-order valence-electron chi connectivity index (χ1n) is 10.3. The minimum atomic E-state index is -0.347. The normalized spacial score (nSPS) is 13.0.